The molecule has 39 heavy (non-hydrogen) atoms. The highest BCUT2D eigenvalue weighted by Crippen LogP contribution is 2.61. The minimum atomic E-state index is -1.53. The van der Waals surface area contributed by atoms with Gasteiger partial charge in [0.25, 0.3) is 0 Å². The zero-order valence-electron chi connectivity index (χ0n) is 20.6. The third-order valence-electron chi connectivity index (χ3n) is 8.34. The zero-order chi connectivity index (χ0) is 26.9. The van der Waals surface area contributed by atoms with E-state index in [0.717, 1.165) is 11.3 Å². The van der Waals surface area contributed by atoms with Gasteiger partial charge in [-0.2, -0.15) is 0 Å². The molecule has 0 amide bonds. The van der Waals surface area contributed by atoms with E-state index in [4.69, 9.17) is 23.2 Å². The number of carbonyl (C=O) groups is 3. The first-order chi connectivity index (χ1) is 18.9. The van der Waals surface area contributed by atoms with Crippen molar-refractivity contribution in [2.24, 2.45) is 5.41 Å². The van der Waals surface area contributed by atoms with E-state index in [-0.39, 0.29) is 17.3 Å². The van der Waals surface area contributed by atoms with Crippen LogP contribution in [0.4, 0.5) is 5.69 Å². The molecule has 0 aromatic heterocycles. The molecule has 1 fully saturated rings. The third kappa shape index (κ3) is 3.28. The third-order valence-corrected chi connectivity index (χ3v) is 8.84. The normalized spacial score (nSPS) is 22.1. The number of rotatable bonds is 3. The topological polar surface area (TPSA) is 54.5 Å². The second-order valence-corrected chi connectivity index (χ2v) is 11.1. The first-order valence-electron chi connectivity index (χ1n) is 12.7. The number of fused-ring (bicyclic) bond motifs is 5. The van der Waals surface area contributed by atoms with Gasteiger partial charge in [0.2, 0.25) is 0 Å². The number of halogens is 2. The molecule has 4 aromatic carbocycles. The van der Waals surface area contributed by atoms with Gasteiger partial charge in [-0.25, -0.2) is 0 Å². The Morgan fingerprint density at radius 3 is 1.92 bits per heavy atom. The zero-order valence-corrected chi connectivity index (χ0v) is 22.1. The fourth-order valence-corrected chi connectivity index (χ4v) is 7.00. The number of benzene rings is 4. The van der Waals surface area contributed by atoms with Crippen molar-refractivity contribution in [2.45, 2.75) is 18.0 Å². The summed E-state index contributed by atoms with van der Waals surface area (Å²) in [4.78, 5) is 45.7. The van der Waals surface area contributed by atoms with E-state index >= 15 is 0 Å². The Labute approximate surface area is 235 Å². The predicted octanol–water partition coefficient (Wildman–Crippen LogP) is 7.31. The van der Waals surface area contributed by atoms with E-state index in [1.165, 1.54) is 0 Å². The molecule has 3 atom stereocenters. The van der Waals surface area contributed by atoms with Gasteiger partial charge in [0.05, 0.1) is 6.04 Å². The van der Waals surface area contributed by atoms with Crippen molar-refractivity contribution in [1.82, 2.24) is 0 Å². The summed E-state index contributed by atoms with van der Waals surface area (Å²) in [5.41, 5.74) is 2.16. The molecule has 0 saturated carbocycles. The average Bonchev–Trinajstić information content (AvgIpc) is 3.40. The lowest BCUT2D eigenvalue weighted by Gasteiger charge is -2.37. The van der Waals surface area contributed by atoms with E-state index in [9.17, 15) is 14.4 Å². The van der Waals surface area contributed by atoms with Crippen LogP contribution in [0.2, 0.25) is 10.0 Å². The number of anilines is 1. The van der Waals surface area contributed by atoms with Crippen LogP contribution in [0.25, 0.3) is 6.08 Å². The fourth-order valence-electron chi connectivity index (χ4n) is 6.75. The minimum Gasteiger partial charge on any atom is -0.352 e. The Morgan fingerprint density at radius 1 is 0.718 bits per heavy atom. The number of nitrogens with zero attached hydrogens (tertiary/aromatic N) is 1. The number of carbonyl (C=O) groups excluding carboxylic acids is 3. The van der Waals surface area contributed by atoms with Crippen LogP contribution in [-0.4, -0.2) is 29.4 Å². The van der Waals surface area contributed by atoms with Crippen molar-refractivity contribution in [2.75, 3.05) is 4.90 Å². The van der Waals surface area contributed by atoms with Crippen molar-refractivity contribution in [3.05, 3.63) is 141 Å². The van der Waals surface area contributed by atoms with Gasteiger partial charge in [0.1, 0.15) is 11.5 Å². The number of Topliss-reactive ketones (excluding diaryl/α,β-unsaturated/α-hetero) is 3. The van der Waals surface area contributed by atoms with Gasteiger partial charge in [-0.05, 0) is 53.6 Å². The van der Waals surface area contributed by atoms with Gasteiger partial charge >= 0.3 is 0 Å². The Balaban J connectivity index is 1.54. The maximum absolute atomic E-state index is 14.6. The van der Waals surface area contributed by atoms with Crippen LogP contribution in [0.1, 0.15) is 48.1 Å². The maximum atomic E-state index is 14.6. The molecule has 2 heterocycles. The lowest BCUT2D eigenvalue weighted by molar-refractivity contribution is 0.0666. The summed E-state index contributed by atoms with van der Waals surface area (Å²) in [7, 11) is 0. The molecule has 1 aliphatic carbocycles. The van der Waals surface area contributed by atoms with Crippen LogP contribution in [0.3, 0.4) is 0 Å². The molecule has 6 heteroatoms. The molecule has 190 valence electrons. The van der Waals surface area contributed by atoms with Gasteiger partial charge in [-0.1, -0.05) is 90.0 Å². The monoisotopic (exact) mass is 549 g/mol. The molecule has 4 nitrogen and oxygen atoms in total. The van der Waals surface area contributed by atoms with Crippen molar-refractivity contribution >= 4 is 52.3 Å². The van der Waals surface area contributed by atoms with Gasteiger partial charge in [-0.3, -0.25) is 14.4 Å². The van der Waals surface area contributed by atoms with Crippen LogP contribution in [0.15, 0.2) is 103 Å². The SMILES string of the molecule is O=C(c1ccc(Cl)cc1)[C@H]1[C@H](c2ccc(Cl)cc2)C2(C(=O)c3ccccc3C2=O)[C@H]2C=Cc3ccccc3N12. The highest BCUT2D eigenvalue weighted by molar-refractivity contribution is 6.33. The predicted molar refractivity (Wildman–Crippen MR) is 153 cm³/mol. The highest BCUT2D eigenvalue weighted by Gasteiger charge is 2.71. The van der Waals surface area contributed by atoms with E-state index in [2.05, 4.69) is 0 Å². The van der Waals surface area contributed by atoms with Crippen LogP contribution in [0, 0.1) is 5.41 Å². The highest BCUT2D eigenvalue weighted by atomic mass is 35.5. The lowest BCUT2D eigenvalue weighted by atomic mass is 9.64. The molecule has 1 saturated heterocycles. The number of para-hydroxylation sites is 1. The van der Waals surface area contributed by atoms with Crippen molar-refractivity contribution < 1.29 is 14.4 Å². The lowest BCUT2D eigenvalue weighted by Crippen LogP contribution is -2.48. The molecule has 4 aromatic rings. The maximum Gasteiger partial charge on any atom is 0.185 e. The molecule has 7 rings (SSSR count). The standard InChI is InChI=1S/C33H21Cl2NO3/c34-22-14-9-20(10-15-22)28-29(30(37)21-11-16-23(35)17-12-21)36-26-8-4-1-5-19(26)13-18-27(36)33(28)31(38)24-6-2-3-7-25(24)32(33)39/h1-18,27-29H/t27-,28+,29-/m1/s1. The summed E-state index contributed by atoms with van der Waals surface area (Å²) < 4.78 is 0. The summed E-state index contributed by atoms with van der Waals surface area (Å²) in [6.07, 6.45) is 3.87. The second-order valence-electron chi connectivity index (χ2n) is 10.2. The van der Waals surface area contributed by atoms with Crippen molar-refractivity contribution in [3.8, 4) is 0 Å². The largest absolute Gasteiger partial charge is 0.352 e. The van der Waals surface area contributed by atoms with E-state index in [1.54, 1.807) is 60.7 Å². The minimum absolute atomic E-state index is 0.185. The van der Waals surface area contributed by atoms with Gasteiger partial charge in [0, 0.05) is 38.3 Å². The molecule has 0 radical (unpaired) electrons. The molecule has 0 bridgehead atoms. The quantitative estimate of drug-likeness (QED) is 0.198. The smallest absolute Gasteiger partial charge is 0.185 e. The Hall–Kier alpha value is -3.99. The molecule has 3 aliphatic rings. The van der Waals surface area contributed by atoms with E-state index in [0.29, 0.717) is 32.3 Å². The molecule has 0 unspecified atom stereocenters. The van der Waals surface area contributed by atoms with Crippen LogP contribution < -0.4 is 4.90 Å². The van der Waals surface area contributed by atoms with Gasteiger partial charge < -0.3 is 4.90 Å². The summed E-state index contributed by atoms with van der Waals surface area (Å²) in [6, 6.07) is 27.1. The average molecular weight is 550 g/mol. The number of hydrogen-bond acceptors (Lipinski definition) is 4. The molecule has 0 N–H and O–H groups in total. The summed E-state index contributed by atoms with van der Waals surface area (Å²) in [6.45, 7) is 0. The van der Waals surface area contributed by atoms with Crippen molar-refractivity contribution in [1.29, 1.82) is 0 Å². The molecule has 2 aliphatic heterocycles. The van der Waals surface area contributed by atoms with Gasteiger partial charge in [-0.15, -0.1) is 0 Å². The first-order valence-corrected chi connectivity index (χ1v) is 13.5. The van der Waals surface area contributed by atoms with Crippen LogP contribution >= 0.6 is 23.2 Å². The van der Waals surface area contributed by atoms with Crippen molar-refractivity contribution in [3.63, 3.8) is 0 Å². The second kappa shape index (κ2) is 8.77. The van der Waals surface area contributed by atoms with Crippen LogP contribution in [0.5, 0.6) is 0 Å². The Bertz CT molecular complexity index is 1670. The summed E-state index contributed by atoms with van der Waals surface area (Å²) in [5, 5.41) is 1.05. The van der Waals surface area contributed by atoms with E-state index < -0.39 is 23.4 Å². The number of ketones is 3. The van der Waals surface area contributed by atoms with E-state index in [1.807, 2.05) is 53.5 Å². The first kappa shape index (κ1) is 24.1. The Morgan fingerprint density at radius 2 is 1.28 bits per heavy atom. The van der Waals surface area contributed by atoms with Crippen LogP contribution in [-0.2, 0) is 0 Å². The summed E-state index contributed by atoms with van der Waals surface area (Å²) in [5.74, 6) is -1.47. The number of hydrogen-bond donors (Lipinski definition) is 0. The van der Waals surface area contributed by atoms with Gasteiger partial charge in [0.15, 0.2) is 17.3 Å². The molecular weight excluding hydrogens is 529 g/mol. The fraction of sp³-hybridized carbons (Fsp3) is 0.121. The molecule has 1 spiro atoms. The summed E-state index contributed by atoms with van der Waals surface area (Å²) >= 11 is 12.4. The Kier molecular flexibility index (Phi) is 5.41. The molecular formula is C33H21Cl2NO3.